The molecule has 0 amide bonds. The van der Waals surface area contributed by atoms with Crippen LogP contribution in [-0.4, -0.2) is 12.6 Å². The summed E-state index contributed by atoms with van der Waals surface area (Å²) in [5.74, 6) is -1.52. The Balaban J connectivity index is 3.03. The summed E-state index contributed by atoms with van der Waals surface area (Å²) in [6, 6.07) is 2.18. The molecule has 0 unspecified atom stereocenters. The van der Waals surface area contributed by atoms with E-state index in [1.165, 1.54) is 0 Å². The third kappa shape index (κ3) is 2.72. The van der Waals surface area contributed by atoms with Crippen molar-refractivity contribution >= 4 is 6.29 Å². The summed E-state index contributed by atoms with van der Waals surface area (Å²) in [6.45, 7) is 0. The summed E-state index contributed by atoms with van der Waals surface area (Å²) in [7, 11) is 0. The van der Waals surface area contributed by atoms with Gasteiger partial charge in [0.05, 0.1) is 5.56 Å². The number of ether oxygens (including phenoxy) is 1. The van der Waals surface area contributed by atoms with Crippen LogP contribution in [0.25, 0.3) is 0 Å². The molecule has 0 N–H and O–H groups in total. The normalized spacial score (nSPS) is 11.1. The van der Waals surface area contributed by atoms with Crippen LogP contribution < -0.4 is 4.74 Å². The Labute approximate surface area is 76.1 Å². The fourth-order valence-corrected chi connectivity index (χ4v) is 0.829. The van der Waals surface area contributed by atoms with Gasteiger partial charge >= 0.3 is 6.36 Å². The Morgan fingerprint density at radius 3 is 2.43 bits per heavy atom. The number of carbonyl (C=O) groups excluding carboxylic acids is 1. The summed E-state index contributed by atoms with van der Waals surface area (Å²) >= 11 is 0. The zero-order chi connectivity index (χ0) is 10.8. The van der Waals surface area contributed by atoms with Gasteiger partial charge in [0, 0.05) is 0 Å². The van der Waals surface area contributed by atoms with Gasteiger partial charge in [0.15, 0.2) is 6.29 Å². The van der Waals surface area contributed by atoms with Crippen LogP contribution in [0.15, 0.2) is 18.2 Å². The van der Waals surface area contributed by atoms with Gasteiger partial charge in [-0.2, -0.15) is 0 Å². The molecule has 1 rings (SSSR count). The molecule has 0 aliphatic carbocycles. The van der Waals surface area contributed by atoms with Crippen LogP contribution in [0.5, 0.6) is 5.75 Å². The maximum atomic E-state index is 12.5. The van der Waals surface area contributed by atoms with Crippen LogP contribution in [0, 0.1) is 5.82 Å². The van der Waals surface area contributed by atoms with Crippen LogP contribution in [-0.2, 0) is 0 Å². The second-order valence-corrected chi connectivity index (χ2v) is 2.35. The number of hydrogen-bond donors (Lipinski definition) is 0. The number of hydrogen-bond acceptors (Lipinski definition) is 2. The van der Waals surface area contributed by atoms with E-state index in [0.29, 0.717) is 6.07 Å². The Hall–Kier alpha value is -1.59. The molecule has 0 bridgehead atoms. The third-order valence-electron chi connectivity index (χ3n) is 1.32. The van der Waals surface area contributed by atoms with Gasteiger partial charge in [0.25, 0.3) is 0 Å². The molecule has 1 aromatic rings. The lowest BCUT2D eigenvalue weighted by Crippen LogP contribution is -2.18. The number of halogens is 4. The maximum Gasteiger partial charge on any atom is 0.573 e. The van der Waals surface area contributed by atoms with Crippen molar-refractivity contribution in [3.8, 4) is 5.75 Å². The summed E-state index contributed by atoms with van der Waals surface area (Å²) in [5, 5.41) is 0. The predicted molar refractivity (Wildman–Crippen MR) is 38.5 cm³/mol. The van der Waals surface area contributed by atoms with Gasteiger partial charge < -0.3 is 4.74 Å². The smallest absolute Gasteiger partial charge is 0.405 e. The van der Waals surface area contributed by atoms with Crippen LogP contribution in [0.1, 0.15) is 10.4 Å². The van der Waals surface area contributed by atoms with Crippen molar-refractivity contribution in [2.75, 3.05) is 0 Å². The molecule has 0 spiro atoms. The second kappa shape index (κ2) is 3.65. The van der Waals surface area contributed by atoms with E-state index in [2.05, 4.69) is 4.74 Å². The van der Waals surface area contributed by atoms with Gasteiger partial charge in [0.1, 0.15) is 11.6 Å². The first kappa shape index (κ1) is 10.5. The van der Waals surface area contributed by atoms with Gasteiger partial charge in [-0.25, -0.2) is 4.39 Å². The molecule has 2 nitrogen and oxygen atoms in total. The van der Waals surface area contributed by atoms with E-state index in [1.54, 1.807) is 0 Å². The molecular formula is C8H4F4O2. The summed E-state index contributed by atoms with van der Waals surface area (Å²) in [6.07, 6.45) is -4.81. The highest BCUT2D eigenvalue weighted by atomic mass is 19.4. The monoisotopic (exact) mass is 208 g/mol. The van der Waals surface area contributed by atoms with Gasteiger partial charge in [-0.3, -0.25) is 4.79 Å². The predicted octanol–water partition coefficient (Wildman–Crippen LogP) is 2.54. The zero-order valence-corrected chi connectivity index (χ0v) is 6.64. The van der Waals surface area contributed by atoms with E-state index < -0.39 is 23.5 Å². The molecule has 0 aliphatic rings. The molecule has 0 fully saturated rings. The fourth-order valence-electron chi connectivity index (χ4n) is 0.829. The van der Waals surface area contributed by atoms with Crippen LogP contribution in [0.3, 0.4) is 0 Å². The van der Waals surface area contributed by atoms with E-state index in [1.807, 2.05) is 0 Å². The van der Waals surface area contributed by atoms with Gasteiger partial charge in [-0.1, -0.05) is 0 Å². The Bertz CT molecular complexity index is 346. The number of benzene rings is 1. The van der Waals surface area contributed by atoms with E-state index >= 15 is 0 Å². The second-order valence-electron chi connectivity index (χ2n) is 2.35. The molecule has 0 aromatic heterocycles. The van der Waals surface area contributed by atoms with Crippen LogP contribution in [0.2, 0.25) is 0 Å². The average Bonchev–Trinajstić information content (AvgIpc) is 2.06. The van der Waals surface area contributed by atoms with Crippen molar-refractivity contribution in [3.63, 3.8) is 0 Å². The minimum absolute atomic E-state index is 0.0875. The molecule has 76 valence electrons. The number of carbonyl (C=O) groups is 1. The minimum Gasteiger partial charge on any atom is -0.405 e. The molecule has 0 saturated carbocycles. The first-order valence-electron chi connectivity index (χ1n) is 3.43. The summed E-state index contributed by atoms with van der Waals surface area (Å²) in [4.78, 5) is 10.3. The third-order valence-corrected chi connectivity index (χ3v) is 1.32. The van der Waals surface area contributed by atoms with Crippen molar-refractivity contribution in [2.24, 2.45) is 0 Å². The summed E-state index contributed by atoms with van der Waals surface area (Å²) in [5.41, 5.74) is -0.484. The molecule has 14 heavy (non-hydrogen) atoms. The highest BCUT2D eigenvalue weighted by molar-refractivity contribution is 5.79. The van der Waals surface area contributed by atoms with Gasteiger partial charge in [-0.15, -0.1) is 13.2 Å². The van der Waals surface area contributed by atoms with E-state index in [0.717, 1.165) is 12.1 Å². The van der Waals surface area contributed by atoms with Crippen LogP contribution in [0.4, 0.5) is 17.6 Å². The van der Waals surface area contributed by atoms with Gasteiger partial charge in [0.2, 0.25) is 0 Å². The lowest BCUT2D eigenvalue weighted by atomic mass is 10.2. The summed E-state index contributed by atoms with van der Waals surface area (Å²) < 4.78 is 51.1. The molecule has 6 heteroatoms. The number of rotatable bonds is 2. The molecule has 0 atom stereocenters. The number of alkyl halides is 3. The van der Waals surface area contributed by atoms with Crippen molar-refractivity contribution in [2.45, 2.75) is 6.36 Å². The molecule has 0 aliphatic heterocycles. The van der Waals surface area contributed by atoms with Crippen molar-refractivity contribution < 1.29 is 27.1 Å². The molecule has 0 heterocycles. The highest BCUT2D eigenvalue weighted by Crippen LogP contribution is 2.25. The fraction of sp³-hybridized carbons (Fsp3) is 0.125. The Morgan fingerprint density at radius 1 is 1.29 bits per heavy atom. The minimum atomic E-state index is -4.89. The molecule has 0 radical (unpaired) electrons. The first-order chi connectivity index (χ1) is 6.42. The zero-order valence-electron chi connectivity index (χ0n) is 6.64. The highest BCUT2D eigenvalue weighted by Gasteiger charge is 2.32. The lowest BCUT2D eigenvalue weighted by Gasteiger charge is -2.10. The lowest BCUT2D eigenvalue weighted by molar-refractivity contribution is -0.274. The standard InChI is InChI=1S/C8H4F4O2/c9-6-1-2-7(5(3-6)4-13)14-8(10,11)12/h1-4H. The van der Waals surface area contributed by atoms with E-state index in [9.17, 15) is 22.4 Å². The van der Waals surface area contributed by atoms with Gasteiger partial charge in [-0.05, 0) is 18.2 Å². The van der Waals surface area contributed by atoms with Crippen molar-refractivity contribution in [1.29, 1.82) is 0 Å². The largest absolute Gasteiger partial charge is 0.573 e. The SMILES string of the molecule is O=Cc1cc(F)ccc1OC(F)(F)F. The quantitative estimate of drug-likeness (QED) is 0.551. The molecular weight excluding hydrogens is 204 g/mol. The molecule has 0 saturated heterocycles. The van der Waals surface area contributed by atoms with E-state index in [-0.39, 0.29) is 6.29 Å². The van der Waals surface area contributed by atoms with Crippen LogP contribution >= 0.6 is 0 Å². The first-order valence-corrected chi connectivity index (χ1v) is 3.43. The Kier molecular flexibility index (Phi) is 2.73. The Morgan fingerprint density at radius 2 is 1.93 bits per heavy atom. The maximum absolute atomic E-state index is 12.5. The average molecular weight is 208 g/mol. The topological polar surface area (TPSA) is 26.3 Å². The van der Waals surface area contributed by atoms with E-state index in [4.69, 9.17) is 0 Å². The number of aldehydes is 1. The molecule has 1 aromatic carbocycles. The van der Waals surface area contributed by atoms with Crippen molar-refractivity contribution in [3.05, 3.63) is 29.6 Å². The van der Waals surface area contributed by atoms with Crippen molar-refractivity contribution in [1.82, 2.24) is 0 Å².